The first-order valence-corrected chi connectivity index (χ1v) is 4.56. The van der Waals surface area contributed by atoms with Crippen LogP contribution in [0.2, 0.25) is 0 Å². The van der Waals surface area contributed by atoms with Crippen molar-refractivity contribution in [2.24, 2.45) is 0 Å². The van der Waals surface area contributed by atoms with Crippen LogP contribution in [0.4, 0.5) is 0 Å². The van der Waals surface area contributed by atoms with Gasteiger partial charge in [-0.25, -0.2) is 4.98 Å². The van der Waals surface area contributed by atoms with Crippen molar-refractivity contribution >= 4 is 0 Å². The van der Waals surface area contributed by atoms with E-state index < -0.39 is 0 Å². The predicted molar refractivity (Wildman–Crippen MR) is 53.5 cm³/mol. The summed E-state index contributed by atoms with van der Waals surface area (Å²) in [7, 11) is 0. The Labute approximate surface area is 79.0 Å². The number of aromatic nitrogens is 1. The summed E-state index contributed by atoms with van der Waals surface area (Å²) in [5.41, 5.74) is 0. The van der Waals surface area contributed by atoms with E-state index in [1.807, 2.05) is 19.1 Å². The first-order valence-electron chi connectivity index (χ1n) is 4.56. The molecule has 0 amide bonds. The van der Waals surface area contributed by atoms with Crippen molar-refractivity contribution in [1.82, 2.24) is 4.98 Å². The van der Waals surface area contributed by atoms with Crippen molar-refractivity contribution in [2.75, 3.05) is 0 Å². The van der Waals surface area contributed by atoms with Gasteiger partial charge in [0.05, 0.1) is 6.20 Å². The summed E-state index contributed by atoms with van der Waals surface area (Å²) in [6, 6.07) is 0. The normalized spacial score (nSPS) is 11.8. The molecule has 0 fully saturated rings. The van der Waals surface area contributed by atoms with Crippen molar-refractivity contribution in [3.05, 3.63) is 42.2 Å². The fraction of sp³-hybridized carbons (Fsp3) is 0.364. The Balaban J connectivity index is 2.34. The number of hydrogen-bond acceptors (Lipinski definition) is 2. The Morgan fingerprint density at radius 1 is 1.38 bits per heavy atom. The lowest BCUT2D eigenvalue weighted by Crippen LogP contribution is -1.72. The fourth-order valence-corrected chi connectivity index (χ4v) is 0.977. The van der Waals surface area contributed by atoms with Gasteiger partial charge in [0, 0.05) is 13.3 Å². The highest BCUT2D eigenvalue weighted by atomic mass is 16.3. The Morgan fingerprint density at radius 2 is 2.15 bits per heavy atom. The van der Waals surface area contributed by atoms with Gasteiger partial charge >= 0.3 is 0 Å². The van der Waals surface area contributed by atoms with Gasteiger partial charge < -0.3 is 4.42 Å². The molecule has 0 N–H and O–H groups in total. The van der Waals surface area contributed by atoms with Gasteiger partial charge in [-0.05, 0) is 6.42 Å². The highest BCUT2D eigenvalue weighted by molar-refractivity contribution is 5.07. The number of oxazole rings is 1. The predicted octanol–water partition coefficient (Wildman–Crippen LogP) is 3.05. The molecule has 0 saturated carbocycles. The minimum Gasteiger partial charge on any atom is -0.446 e. The topological polar surface area (TPSA) is 26.0 Å². The quantitative estimate of drug-likeness (QED) is 0.661. The molecule has 0 aliphatic heterocycles. The maximum Gasteiger partial charge on any atom is 0.191 e. The zero-order valence-corrected chi connectivity index (χ0v) is 8.16. The molecule has 0 radical (unpaired) electrons. The summed E-state index contributed by atoms with van der Waals surface area (Å²) in [6.07, 6.45) is 11.9. The molecule has 1 heterocycles. The van der Waals surface area contributed by atoms with Crippen LogP contribution >= 0.6 is 0 Å². The molecule has 0 aromatic carbocycles. The summed E-state index contributed by atoms with van der Waals surface area (Å²) in [5.74, 6) is 1.64. The van der Waals surface area contributed by atoms with Gasteiger partial charge in [0.25, 0.3) is 0 Å². The van der Waals surface area contributed by atoms with Crippen LogP contribution in [0.1, 0.15) is 25.0 Å². The maximum atomic E-state index is 5.30. The van der Waals surface area contributed by atoms with Crippen LogP contribution in [0.3, 0.4) is 0 Å². The third-order valence-corrected chi connectivity index (χ3v) is 1.61. The first-order chi connectivity index (χ1) is 6.33. The number of rotatable bonds is 4. The molecule has 70 valence electrons. The molecule has 1 rings (SSSR count). The van der Waals surface area contributed by atoms with Gasteiger partial charge in [-0.1, -0.05) is 31.2 Å². The molecule has 0 bridgehead atoms. The molecular weight excluding hydrogens is 162 g/mol. The SMILES string of the molecule is CC/C=C\C=C/Cc1cnc(C)o1. The summed E-state index contributed by atoms with van der Waals surface area (Å²) >= 11 is 0. The smallest absolute Gasteiger partial charge is 0.191 e. The highest BCUT2D eigenvalue weighted by Gasteiger charge is 1.94. The van der Waals surface area contributed by atoms with Gasteiger partial charge in [0.2, 0.25) is 0 Å². The number of allylic oxidation sites excluding steroid dienone is 4. The molecule has 2 heteroatoms. The molecular formula is C11H15NO. The minimum absolute atomic E-state index is 0.729. The van der Waals surface area contributed by atoms with Gasteiger partial charge in [-0.2, -0.15) is 0 Å². The lowest BCUT2D eigenvalue weighted by molar-refractivity contribution is 0.485. The molecule has 0 spiro atoms. The second-order valence-electron chi connectivity index (χ2n) is 2.81. The van der Waals surface area contributed by atoms with Crippen LogP contribution < -0.4 is 0 Å². The van der Waals surface area contributed by atoms with Crippen molar-refractivity contribution in [3.8, 4) is 0 Å². The molecule has 0 aliphatic carbocycles. The van der Waals surface area contributed by atoms with Crippen molar-refractivity contribution in [1.29, 1.82) is 0 Å². The minimum atomic E-state index is 0.729. The van der Waals surface area contributed by atoms with Crippen molar-refractivity contribution in [3.63, 3.8) is 0 Å². The largest absolute Gasteiger partial charge is 0.446 e. The summed E-state index contributed by atoms with van der Waals surface area (Å²) in [5, 5.41) is 0. The Bertz CT molecular complexity index is 297. The van der Waals surface area contributed by atoms with Crippen LogP contribution in [-0.4, -0.2) is 4.98 Å². The zero-order chi connectivity index (χ0) is 9.52. The number of nitrogens with zero attached hydrogens (tertiary/aromatic N) is 1. The van der Waals surface area contributed by atoms with Gasteiger partial charge in [0.15, 0.2) is 5.89 Å². The fourth-order valence-electron chi connectivity index (χ4n) is 0.977. The van der Waals surface area contributed by atoms with E-state index in [1.54, 1.807) is 6.20 Å². The Morgan fingerprint density at radius 3 is 2.77 bits per heavy atom. The Hall–Kier alpha value is -1.31. The van der Waals surface area contributed by atoms with E-state index in [2.05, 4.69) is 24.1 Å². The van der Waals surface area contributed by atoms with E-state index in [0.29, 0.717) is 0 Å². The third kappa shape index (κ3) is 3.74. The number of aryl methyl sites for hydroxylation is 1. The van der Waals surface area contributed by atoms with Crippen molar-refractivity contribution < 1.29 is 4.42 Å². The van der Waals surface area contributed by atoms with Crippen LogP contribution in [0.15, 0.2) is 34.9 Å². The molecule has 1 aromatic heterocycles. The van der Waals surface area contributed by atoms with Gasteiger partial charge in [-0.3, -0.25) is 0 Å². The molecule has 0 aliphatic rings. The van der Waals surface area contributed by atoms with E-state index in [-0.39, 0.29) is 0 Å². The van der Waals surface area contributed by atoms with E-state index in [9.17, 15) is 0 Å². The molecule has 2 nitrogen and oxygen atoms in total. The molecule has 1 aromatic rings. The van der Waals surface area contributed by atoms with Crippen LogP contribution in [0.5, 0.6) is 0 Å². The first kappa shape index (κ1) is 9.78. The standard InChI is InChI=1S/C11H15NO/c1-3-4-5-6-7-8-11-9-12-10(2)13-11/h4-7,9H,3,8H2,1-2H3/b5-4-,7-6-. The number of hydrogen-bond donors (Lipinski definition) is 0. The van der Waals surface area contributed by atoms with Crippen LogP contribution in [0, 0.1) is 6.92 Å². The van der Waals surface area contributed by atoms with Crippen LogP contribution in [-0.2, 0) is 6.42 Å². The second-order valence-corrected chi connectivity index (χ2v) is 2.81. The summed E-state index contributed by atoms with van der Waals surface area (Å²) < 4.78 is 5.30. The highest BCUT2D eigenvalue weighted by Crippen LogP contribution is 2.03. The zero-order valence-electron chi connectivity index (χ0n) is 8.16. The monoisotopic (exact) mass is 177 g/mol. The lowest BCUT2D eigenvalue weighted by Gasteiger charge is -1.85. The molecule has 0 unspecified atom stereocenters. The maximum absolute atomic E-state index is 5.30. The van der Waals surface area contributed by atoms with E-state index >= 15 is 0 Å². The summed E-state index contributed by atoms with van der Waals surface area (Å²) in [6.45, 7) is 3.97. The second kappa shape index (κ2) is 5.36. The molecule has 0 atom stereocenters. The molecule has 13 heavy (non-hydrogen) atoms. The van der Waals surface area contributed by atoms with E-state index in [4.69, 9.17) is 4.42 Å². The Kier molecular flexibility index (Phi) is 4.03. The van der Waals surface area contributed by atoms with Crippen molar-refractivity contribution in [2.45, 2.75) is 26.7 Å². The van der Waals surface area contributed by atoms with E-state index in [0.717, 1.165) is 24.5 Å². The van der Waals surface area contributed by atoms with Crippen LogP contribution in [0.25, 0.3) is 0 Å². The average molecular weight is 177 g/mol. The summed E-state index contributed by atoms with van der Waals surface area (Å²) in [4.78, 5) is 4.01. The van der Waals surface area contributed by atoms with Gasteiger partial charge in [0.1, 0.15) is 5.76 Å². The lowest BCUT2D eigenvalue weighted by atomic mass is 10.3. The molecule has 0 saturated heterocycles. The van der Waals surface area contributed by atoms with Gasteiger partial charge in [-0.15, -0.1) is 0 Å². The third-order valence-electron chi connectivity index (χ3n) is 1.61. The van der Waals surface area contributed by atoms with E-state index in [1.165, 1.54) is 0 Å². The average Bonchev–Trinajstić information content (AvgIpc) is 2.51.